The van der Waals surface area contributed by atoms with Crippen molar-refractivity contribution in [2.24, 2.45) is 0 Å². The van der Waals surface area contributed by atoms with E-state index < -0.39 is 16.1 Å². The molecule has 1 saturated heterocycles. The fourth-order valence-electron chi connectivity index (χ4n) is 2.76. The van der Waals surface area contributed by atoms with Crippen LogP contribution in [0.5, 0.6) is 5.75 Å². The van der Waals surface area contributed by atoms with Crippen LogP contribution in [-0.2, 0) is 14.8 Å². The van der Waals surface area contributed by atoms with Crippen LogP contribution < -0.4 is 4.74 Å². The van der Waals surface area contributed by atoms with E-state index in [2.05, 4.69) is 0 Å². The molecule has 0 aliphatic carbocycles. The van der Waals surface area contributed by atoms with Gasteiger partial charge in [0.1, 0.15) is 9.96 Å². The Labute approximate surface area is 172 Å². The third-order valence-corrected chi connectivity index (χ3v) is 7.98. The molecule has 1 aliphatic heterocycles. The third-order valence-electron chi connectivity index (χ3n) is 4.15. The maximum absolute atomic E-state index is 12.6. The lowest BCUT2D eigenvalue weighted by molar-refractivity contribution is -0.139. The zero-order valence-electron chi connectivity index (χ0n) is 14.5. The molecule has 27 heavy (non-hydrogen) atoms. The predicted molar refractivity (Wildman–Crippen MR) is 106 cm³/mol. The van der Waals surface area contributed by atoms with E-state index in [1.807, 2.05) is 0 Å². The van der Waals surface area contributed by atoms with E-state index in [1.54, 1.807) is 42.2 Å². The fraction of sp³-hybridized carbons (Fsp3) is 0.353. The second-order valence-corrected chi connectivity index (χ2v) is 10.3. The Morgan fingerprint density at radius 1 is 1.15 bits per heavy atom. The number of hydrogen-bond acceptors (Lipinski definition) is 5. The number of thiophene rings is 1. The van der Waals surface area contributed by atoms with Gasteiger partial charge in [-0.05, 0) is 37.3 Å². The van der Waals surface area contributed by atoms with Crippen LogP contribution in [0.25, 0.3) is 0 Å². The van der Waals surface area contributed by atoms with Crippen LogP contribution in [0.4, 0.5) is 0 Å². The van der Waals surface area contributed by atoms with Crippen molar-refractivity contribution in [3.8, 4) is 5.75 Å². The molecule has 1 amide bonds. The van der Waals surface area contributed by atoms with Gasteiger partial charge in [0, 0.05) is 31.2 Å². The molecule has 0 spiro atoms. The summed E-state index contributed by atoms with van der Waals surface area (Å²) in [4.78, 5) is 14.2. The molecule has 1 aliphatic rings. The van der Waals surface area contributed by atoms with Gasteiger partial charge in [0.15, 0.2) is 6.10 Å². The topological polar surface area (TPSA) is 66.9 Å². The lowest BCUT2D eigenvalue weighted by Crippen LogP contribution is -2.53. The number of carbonyl (C=O) groups is 1. The molecule has 1 aromatic carbocycles. The van der Waals surface area contributed by atoms with Crippen molar-refractivity contribution in [3.63, 3.8) is 0 Å². The third kappa shape index (κ3) is 4.75. The van der Waals surface area contributed by atoms with Gasteiger partial charge in [-0.15, -0.1) is 11.3 Å². The summed E-state index contributed by atoms with van der Waals surface area (Å²) in [6.45, 7) is 2.74. The summed E-state index contributed by atoms with van der Waals surface area (Å²) in [5.74, 6) is 0.324. The molecule has 1 atom stereocenters. The van der Waals surface area contributed by atoms with Crippen molar-refractivity contribution in [2.75, 3.05) is 26.2 Å². The monoisotopic (exact) mass is 448 g/mol. The molecule has 2 aromatic rings. The van der Waals surface area contributed by atoms with Gasteiger partial charge in [0.25, 0.3) is 15.9 Å². The van der Waals surface area contributed by atoms with Crippen molar-refractivity contribution >= 4 is 50.5 Å². The van der Waals surface area contributed by atoms with Crippen LogP contribution in [0.2, 0.25) is 9.36 Å². The van der Waals surface area contributed by atoms with E-state index in [4.69, 9.17) is 27.9 Å². The van der Waals surface area contributed by atoms with Gasteiger partial charge in [-0.25, -0.2) is 8.42 Å². The molecule has 2 heterocycles. The molecular weight excluding hydrogens is 431 g/mol. The summed E-state index contributed by atoms with van der Waals surface area (Å²) in [5.41, 5.74) is 0. The molecule has 10 heteroatoms. The summed E-state index contributed by atoms with van der Waals surface area (Å²) in [6, 6.07) is 9.90. The van der Waals surface area contributed by atoms with Gasteiger partial charge in [-0.3, -0.25) is 4.79 Å². The smallest absolute Gasteiger partial charge is 0.263 e. The summed E-state index contributed by atoms with van der Waals surface area (Å²) in [7, 11) is -3.58. The molecule has 1 aromatic heterocycles. The number of ether oxygens (including phenoxy) is 1. The average molecular weight is 449 g/mol. The van der Waals surface area contributed by atoms with Crippen LogP contribution >= 0.6 is 34.5 Å². The number of sulfonamides is 1. The first kappa shape index (κ1) is 20.4. The minimum atomic E-state index is -3.58. The number of amides is 1. The van der Waals surface area contributed by atoms with Gasteiger partial charge < -0.3 is 9.64 Å². The standard InChI is InChI=1S/C17H18Cl2N2O4S2/c1-12(25-14-4-2-3-13(18)11-14)17(22)20-7-9-21(10-8-20)27(23,24)16-6-5-15(19)26-16/h2-6,11-12H,7-10H2,1H3/t12-/m0/s1. The number of piperazine rings is 1. The first-order valence-corrected chi connectivity index (χ1v) is 11.2. The van der Waals surface area contributed by atoms with E-state index in [9.17, 15) is 13.2 Å². The Morgan fingerprint density at radius 3 is 2.44 bits per heavy atom. The molecule has 0 unspecified atom stereocenters. The van der Waals surface area contributed by atoms with Crippen LogP contribution in [-0.4, -0.2) is 55.8 Å². The van der Waals surface area contributed by atoms with Crippen LogP contribution in [0, 0.1) is 0 Å². The van der Waals surface area contributed by atoms with E-state index in [1.165, 1.54) is 10.4 Å². The molecule has 146 valence electrons. The molecule has 6 nitrogen and oxygen atoms in total. The quantitative estimate of drug-likeness (QED) is 0.702. The summed E-state index contributed by atoms with van der Waals surface area (Å²) >= 11 is 12.8. The van der Waals surface area contributed by atoms with Crippen LogP contribution in [0.1, 0.15) is 6.92 Å². The highest BCUT2D eigenvalue weighted by atomic mass is 35.5. The van der Waals surface area contributed by atoms with Crippen molar-refractivity contribution in [3.05, 3.63) is 45.8 Å². The number of hydrogen-bond donors (Lipinski definition) is 0. The van der Waals surface area contributed by atoms with E-state index in [0.717, 1.165) is 11.3 Å². The first-order chi connectivity index (χ1) is 12.8. The highest BCUT2D eigenvalue weighted by Crippen LogP contribution is 2.28. The lowest BCUT2D eigenvalue weighted by Gasteiger charge is -2.34. The molecule has 3 rings (SSSR count). The summed E-state index contributed by atoms with van der Waals surface area (Å²) in [5, 5.41) is 0.527. The Morgan fingerprint density at radius 2 is 1.85 bits per heavy atom. The normalized spacial score (nSPS) is 16.9. The Bertz CT molecular complexity index is 925. The minimum absolute atomic E-state index is 0.189. The highest BCUT2D eigenvalue weighted by Gasteiger charge is 2.32. The number of benzene rings is 1. The SMILES string of the molecule is C[C@H](Oc1cccc(Cl)c1)C(=O)N1CCN(S(=O)(=O)c2ccc(Cl)s2)CC1. The molecule has 0 N–H and O–H groups in total. The first-order valence-electron chi connectivity index (χ1n) is 8.24. The Hall–Kier alpha value is -1.32. The minimum Gasteiger partial charge on any atom is -0.481 e. The number of carbonyl (C=O) groups excluding carboxylic acids is 1. The largest absolute Gasteiger partial charge is 0.481 e. The molecule has 0 bridgehead atoms. The molecule has 1 fully saturated rings. The number of halogens is 2. The summed E-state index contributed by atoms with van der Waals surface area (Å²) in [6.07, 6.45) is -0.692. The second kappa shape index (κ2) is 8.36. The van der Waals surface area contributed by atoms with Gasteiger partial charge >= 0.3 is 0 Å². The van der Waals surface area contributed by atoms with Crippen molar-refractivity contribution < 1.29 is 17.9 Å². The number of nitrogens with zero attached hydrogens (tertiary/aromatic N) is 2. The summed E-state index contributed by atoms with van der Waals surface area (Å²) < 4.78 is 32.9. The van der Waals surface area contributed by atoms with Crippen molar-refractivity contribution in [1.82, 2.24) is 9.21 Å². The van der Waals surface area contributed by atoms with Crippen molar-refractivity contribution in [1.29, 1.82) is 0 Å². The zero-order chi connectivity index (χ0) is 19.6. The van der Waals surface area contributed by atoms with Crippen LogP contribution in [0.15, 0.2) is 40.6 Å². The number of rotatable bonds is 5. The average Bonchev–Trinajstić information content (AvgIpc) is 3.08. The fourth-order valence-corrected chi connectivity index (χ4v) is 6.00. The Kier molecular flexibility index (Phi) is 6.32. The second-order valence-electron chi connectivity index (χ2n) is 6.01. The maximum Gasteiger partial charge on any atom is 0.263 e. The predicted octanol–water partition coefficient (Wildman–Crippen LogP) is 3.36. The Balaban J connectivity index is 1.59. The van der Waals surface area contributed by atoms with Gasteiger partial charge in [0.05, 0.1) is 4.34 Å². The lowest BCUT2D eigenvalue weighted by atomic mass is 10.2. The molecular formula is C17H18Cl2N2O4S2. The van der Waals surface area contributed by atoms with Crippen molar-refractivity contribution in [2.45, 2.75) is 17.2 Å². The van der Waals surface area contributed by atoms with Crippen LogP contribution in [0.3, 0.4) is 0 Å². The van der Waals surface area contributed by atoms with E-state index in [0.29, 0.717) is 28.2 Å². The van der Waals surface area contributed by atoms with E-state index in [-0.39, 0.29) is 23.2 Å². The molecule has 0 saturated carbocycles. The van der Waals surface area contributed by atoms with Gasteiger partial charge in [0.2, 0.25) is 0 Å². The molecule has 0 radical (unpaired) electrons. The highest BCUT2D eigenvalue weighted by molar-refractivity contribution is 7.91. The van der Waals surface area contributed by atoms with Gasteiger partial charge in [-0.1, -0.05) is 29.3 Å². The zero-order valence-corrected chi connectivity index (χ0v) is 17.6. The maximum atomic E-state index is 12.6. The van der Waals surface area contributed by atoms with E-state index >= 15 is 0 Å². The van der Waals surface area contributed by atoms with Gasteiger partial charge in [-0.2, -0.15) is 4.31 Å².